The molecule has 1 aromatic carbocycles. The molecule has 0 spiro atoms. The second kappa shape index (κ2) is 6.17. The fourth-order valence-electron chi connectivity index (χ4n) is 2.16. The van der Waals surface area contributed by atoms with Crippen molar-refractivity contribution in [1.29, 1.82) is 0 Å². The van der Waals surface area contributed by atoms with Crippen molar-refractivity contribution in [3.8, 4) is 5.69 Å². The van der Waals surface area contributed by atoms with Crippen molar-refractivity contribution in [2.45, 2.75) is 6.42 Å². The van der Waals surface area contributed by atoms with E-state index in [-0.39, 0.29) is 5.91 Å². The van der Waals surface area contributed by atoms with Gasteiger partial charge in [-0.3, -0.25) is 4.79 Å². The SMILES string of the molecule is Cn1ccnc1CCNC(=O)c1ccccc1-n1cnnn1. The highest BCUT2D eigenvalue weighted by molar-refractivity contribution is 5.97. The summed E-state index contributed by atoms with van der Waals surface area (Å²) in [7, 11) is 1.93. The maximum atomic E-state index is 12.4. The number of para-hydroxylation sites is 1. The van der Waals surface area contributed by atoms with E-state index in [1.54, 1.807) is 18.3 Å². The first kappa shape index (κ1) is 13.9. The van der Waals surface area contributed by atoms with Gasteiger partial charge < -0.3 is 9.88 Å². The molecular weight excluding hydrogens is 282 g/mol. The van der Waals surface area contributed by atoms with E-state index < -0.39 is 0 Å². The summed E-state index contributed by atoms with van der Waals surface area (Å²) in [4.78, 5) is 16.6. The van der Waals surface area contributed by atoms with E-state index in [2.05, 4.69) is 25.8 Å². The fourth-order valence-corrected chi connectivity index (χ4v) is 2.16. The fraction of sp³-hybridized carbons (Fsp3) is 0.214. The van der Waals surface area contributed by atoms with Crippen LogP contribution in [0.1, 0.15) is 16.2 Å². The lowest BCUT2D eigenvalue weighted by molar-refractivity contribution is 0.0953. The lowest BCUT2D eigenvalue weighted by Gasteiger charge is -2.09. The Morgan fingerprint density at radius 3 is 2.91 bits per heavy atom. The van der Waals surface area contributed by atoms with Crippen molar-refractivity contribution in [2.24, 2.45) is 7.05 Å². The van der Waals surface area contributed by atoms with Crippen LogP contribution in [0.4, 0.5) is 0 Å². The van der Waals surface area contributed by atoms with Crippen LogP contribution in [0.2, 0.25) is 0 Å². The van der Waals surface area contributed by atoms with Gasteiger partial charge in [0, 0.05) is 32.4 Å². The average molecular weight is 297 g/mol. The minimum Gasteiger partial charge on any atom is -0.352 e. The van der Waals surface area contributed by atoms with Gasteiger partial charge >= 0.3 is 0 Å². The van der Waals surface area contributed by atoms with Crippen LogP contribution in [0.25, 0.3) is 5.69 Å². The number of tetrazole rings is 1. The molecule has 0 saturated heterocycles. The van der Waals surface area contributed by atoms with Crippen molar-refractivity contribution < 1.29 is 4.79 Å². The van der Waals surface area contributed by atoms with E-state index in [1.807, 2.05) is 29.9 Å². The summed E-state index contributed by atoms with van der Waals surface area (Å²) in [6.07, 6.45) is 5.75. The molecule has 112 valence electrons. The standard InChI is InChI=1S/C14H15N7O/c1-20-9-8-15-13(20)6-7-16-14(22)11-4-2-3-5-12(11)21-10-17-18-19-21/h2-5,8-10H,6-7H2,1H3,(H,16,22). The normalized spacial score (nSPS) is 10.6. The van der Waals surface area contributed by atoms with Crippen LogP contribution in [-0.2, 0) is 13.5 Å². The molecule has 0 fully saturated rings. The Kier molecular flexibility index (Phi) is 3.90. The Hall–Kier alpha value is -3.03. The van der Waals surface area contributed by atoms with Gasteiger partial charge in [0.15, 0.2) is 0 Å². The Morgan fingerprint density at radius 1 is 1.32 bits per heavy atom. The van der Waals surface area contributed by atoms with Crippen LogP contribution in [0, 0.1) is 0 Å². The van der Waals surface area contributed by atoms with Gasteiger partial charge in [-0.15, -0.1) is 5.10 Å². The lowest BCUT2D eigenvalue weighted by Crippen LogP contribution is -2.27. The Bertz CT molecular complexity index is 763. The maximum Gasteiger partial charge on any atom is 0.253 e. The van der Waals surface area contributed by atoms with Crippen LogP contribution in [0.5, 0.6) is 0 Å². The molecule has 3 rings (SSSR count). The second-order valence-electron chi connectivity index (χ2n) is 4.73. The minimum absolute atomic E-state index is 0.166. The van der Waals surface area contributed by atoms with Crippen LogP contribution >= 0.6 is 0 Å². The van der Waals surface area contributed by atoms with Gasteiger partial charge in [0.05, 0.1) is 11.3 Å². The van der Waals surface area contributed by atoms with Crippen molar-refractivity contribution in [3.63, 3.8) is 0 Å². The van der Waals surface area contributed by atoms with Gasteiger partial charge in [0.2, 0.25) is 0 Å². The molecule has 0 aliphatic heterocycles. The molecule has 0 atom stereocenters. The molecule has 3 aromatic rings. The molecule has 1 N–H and O–H groups in total. The topological polar surface area (TPSA) is 90.5 Å². The first-order valence-corrected chi connectivity index (χ1v) is 6.82. The number of hydrogen-bond acceptors (Lipinski definition) is 5. The summed E-state index contributed by atoms with van der Waals surface area (Å²) >= 11 is 0. The molecule has 8 nitrogen and oxygen atoms in total. The number of benzene rings is 1. The van der Waals surface area contributed by atoms with Gasteiger partial charge in [-0.25, -0.2) is 4.98 Å². The first-order chi connectivity index (χ1) is 10.8. The minimum atomic E-state index is -0.166. The number of aryl methyl sites for hydroxylation is 1. The van der Waals surface area contributed by atoms with E-state index in [1.165, 1.54) is 11.0 Å². The number of nitrogens with one attached hydrogen (secondary N) is 1. The summed E-state index contributed by atoms with van der Waals surface area (Å²) < 4.78 is 3.40. The zero-order chi connectivity index (χ0) is 15.4. The largest absolute Gasteiger partial charge is 0.352 e. The Labute approximate surface area is 126 Å². The predicted octanol–water partition coefficient (Wildman–Crippen LogP) is 0.368. The summed E-state index contributed by atoms with van der Waals surface area (Å²) in [6, 6.07) is 7.18. The third-order valence-electron chi connectivity index (χ3n) is 3.30. The van der Waals surface area contributed by atoms with E-state index in [0.29, 0.717) is 24.2 Å². The molecule has 22 heavy (non-hydrogen) atoms. The number of nitrogens with zero attached hydrogens (tertiary/aromatic N) is 6. The molecule has 1 amide bonds. The maximum absolute atomic E-state index is 12.4. The van der Waals surface area contributed by atoms with Crippen molar-refractivity contribution >= 4 is 5.91 Å². The number of hydrogen-bond donors (Lipinski definition) is 1. The number of amides is 1. The van der Waals surface area contributed by atoms with Gasteiger partial charge in [-0.2, -0.15) is 4.68 Å². The molecule has 0 radical (unpaired) electrons. The summed E-state index contributed by atoms with van der Waals surface area (Å²) in [5.74, 6) is 0.759. The second-order valence-corrected chi connectivity index (χ2v) is 4.73. The van der Waals surface area contributed by atoms with Gasteiger partial charge in [-0.05, 0) is 22.6 Å². The van der Waals surface area contributed by atoms with Gasteiger partial charge in [0.1, 0.15) is 12.2 Å². The number of imidazole rings is 1. The quantitative estimate of drug-likeness (QED) is 0.734. The zero-order valence-corrected chi connectivity index (χ0v) is 12.0. The van der Waals surface area contributed by atoms with Crippen molar-refractivity contribution in [3.05, 3.63) is 54.4 Å². The third kappa shape index (κ3) is 2.85. The summed E-state index contributed by atoms with van der Waals surface area (Å²) in [5.41, 5.74) is 1.16. The van der Waals surface area contributed by atoms with E-state index in [4.69, 9.17) is 0 Å². The molecule has 0 aliphatic rings. The summed E-state index contributed by atoms with van der Waals surface area (Å²) in [6.45, 7) is 0.508. The molecular formula is C14H15N7O. The molecule has 8 heteroatoms. The lowest BCUT2D eigenvalue weighted by atomic mass is 10.1. The number of aromatic nitrogens is 6. The predicted molar refractivity (Wildman–Crippen MR) is 78.4 cm³/mol. The highest BCUT2D eigenvalue weighted by atomic mass is 16.1. The Balaban J connectivity index is 1.69. The molecule has 0 aliphatic carbocycles. The monoisotopic (exact) mass is 297 g/mol. The average Bonchev–Trinajstić information content (AvgIpc) is 3.19. The van der Waals surface area contributed by atoms with E-state index in [0.717, 1.165) is 5.82 Å². The highest BCUT2D eigenvalue weighted by Gasteiger charge is 2.13. The first-order valence-electron chi connectivity index (χ1n) is 6.82. The number of carbonyl (C=O) groups is 1. The molecule has 0 unspecified atom stereocenters. The van der Waals surface area contributed by atoms with Crippen LogP contribution in [0.3, 0.4) is 0 Å². The van der Waals surface area contributed by atoms with Crippen molar-refractivity contribution in [1.82, 2.24) is 35.1 Å². The number of carbonyl (C=O) groups excluding carboxylic acids is 1. The van der Waals surface area contributed by atoms with E-state index >= 15 is 0 Å². The van der Waals surface area contributed by atoms with E-state index in [9.17, 15) is 4.79 Å². The smallest absolute Gasteiger partial charge is 0.253 e. The van der Waals surface area contributed by atoms with Crippen molar-refractivity contribution in [2.75, 3.05) is 6.54 Å². The molecule has 2 heterocycles. The third-order valence-corrected chi connectivity index (χ3v) is 3.30. The number of rotatable bonds is 5. The highest BCUT2D eigenvalue weighted by Crippen LogP contribution is 2.12. The van der Waals surface area contributed by atoms with Crippen LogP contribution < -0.4 is 5.32 Å². The summed E-state index contributed by atoms with van der Waals surface area (Å²) in [5, 5.41) is 13.9. The van der Waals surface area contributed by atoms with Gasteiger partial charge in [-0.1, -0.05) is 12.1 Å². The van der Waals surface area contributed by atoms with Gasteiger partial charge in [0.25, 0.3) is 5.91 Å². The molecule has 2 aromatic heterocycles. The Morgan fingerprint density at radius 2 is 2.18 bits per heavy atom. The molecule has 0 bridgehead atoms. The van der Waals surface area contributed by atoms with Crippen LogP contribution in [0.15, 0.2) is 43.0 Å². The zero-order valence-electron chi connectivity index (χ0n) is 12.0. The van der Waals surface area contributed by atoms with Crippen LogP contribution in [-0.4, -0.2) is 42.2 Å². The molecule has 0 saturated carbocycles.